The molecule has 1 nitrogen and oxygen atoms in total. The fraction of sp³-hybridized carbons (Fsp3) is 0.867. The van der Waals surface area contributed by atoms with Crippen molar-refractivity contribution in [3.63, 3.8) is 0 Å². The van der Waals surface area contributed by atoms with Crippen molar-refractivity contribution in [1.82, 2.24) is 0 Å². The van der Waals surface area contributed by atoms with E-state index in [1.54, 1.807) is 0 Å². The third-order valence-corrected chi connectivity index (χ3v) is 4.10. The number of rotatable bonds is 3. The van der Waals surface area contributed by atoms with Gasteiger partial charge in [0.15, 0.2) is 0 Å². The van der Waals surface area contributed by atoms with Gasteiger partial charge in [0, 0.05) is 0 Å². The van der Waals surface area contributed by atoms with Crippen molar-refractivity contribution in [2.75, 3.05) is 0 Å². The SMILES string of the molecule is C=C(C)CC(O)C1CCC(C(C)(C)C)CC1. The molecule has 0 amide bonds. The molecule has 1 heteroatoms. The Morgan fingerprint density at radius 3 is 2.12 bits per heavy atom. The van der Waals surface area contributed by atoms with E-state index in [2.05, 4.69) is 27.4 Å². The fourth-order valence-electron chi connectivity index (χ4n) is 2.89. The molecule has 0 aromatic heterocycles. The summed E-state index contributed by atoms with van der Waals surface area (Å²) in [6.07, 6.45) is 5.57. The first-order chi connectivity index (χ1) is 7.30. The van der Waals surface area contributed by atoms with E-state index in [4.69, 9.17) is 0 Å². The summed E-state index contributed by atoms with van der Waals surface area (Å²) in [7, 11) is 0. The van der Waals surface area contributed by atoms with E-state index in [0.717, 1.165) is 17.9 Å². The molecule has 1 aliphatic rings. The van der Waals surface area contributed by atoms with Gasteiger partial charge in [0.05, 0.1) is 6.10 Å². The van der Waals surface area contributed by atoms with E-state index in [-0.39, 0.29) is 6.10 Å². The Labute approximate surface area is 101 Å². The van der Waals surface area contributed by atoms with Crippen LogP contribution in [0.3, 0.4) is 0 Å². The summed E-state index contributed by atoms with van der Waals surface area (Å²) in [4.78, 5) is 0. The Balaban J connectivity index is 2.40. The minimum Gasteiger partial charge on any atom is -0.393 e. The van der Waals surface area contributed by atoms with Crippen LogP contribution in [0.5, 0.6) is 0 Å². The largest absolute Gasteiger partial charge is 0.393 e. The average molecular weight is 224 g/mol. The van der Waals surface area contributed by atoms with E-state index >= 15 is 0 Å². The summed E-state index contributed by atoms with van der Waals surface area (Å²) < 4.78 is 0. The molecule has 1 atom stereocenters. The van der Waals surface area contributed by atoms with Crippen molar-refractivity contribution in [1.29, 1.82) is 0 Å². The van der Waals surface area contributed by atoms with Crippen LogP contribution in [0.1, 0.15) is 59.8 Å². The van der Waals surface area contributed by atoms with Gasteiger partial charge in [0.25, 0.3) is 0 Å². The Morgan fingerprint density at radius 2 is 1.75 bits per heavy atom. The van der Waals surface area contributed by atoms with Crippen molar-refractivity contribution in [2.45, 2.75) is 65.9 Å². The van der Waals surface area contributed by atoms with Crippen molar-refractivity contribution < 1.29 is 5.11 Å². The number of hydrogen-bond acceptors (Lipinski definition) is 1. The summed E-state index contributed by atoms with van der Waals surface area (Å²) in [5.74, 6) is 1.34. The second-order valence-corrected chi connectivity index (χ2v) is 6.71. The van der Waals surface area contributed by atoms with Gasteiger partial charge in [-0.25, -0.2) is 0 Å². The molecule has 94 valence electrons. The topological polar surface area (TPSA) is 20.2 Å². The zero-order valence-electron chi connectivity index (χ0n) is 11.4. The van der Waals surface area contributed by atoms with Crippen molar-refractivity contribution in [3.05, 3.63) is 12.2 Å². The molecule has 0 aromatic rings. The third kappa shape index (κ3) is 3.93. The van der Waals surface area contributed by atoms with Gasteiger partial charge in [-0.1, -0.05) is 26.3 Å². The Kier molecular flexibility index (Phi) is 4.61. The quantitative estimate of drug-likeness (QED) is 0.713. The lowest BCUT2D eigenvalue weighted by Crippen LogP contribution is -2.30. The van der Waals surface area contributed by atoms with Crippen molar-refractivity contribution in [2.24, 2.45) is 17.3 Å². The van der Waals surface area contributed by atoms with Crippen LogP contribution >= 0.6 is 0 Å². The standard InChI is InChI=1S/C15H28O/c1-11(2)10-14(16)12-6-8-13(9-7-12)15(3,4)5/h12-14,16H,1,6-10H2,2-5H3. The van der Waals surface area contributed by atoms with Gasteiger partial charge >= 0.3 is 0 Å². The first-order valence-electron chi connectivity index (χ1n) is 6.63. The van der Waals surface area contributed by atoms with Crippen LogP contribution in [-0.4, -0.2) is 11.2 Å². The number of aliphatic hydroxyl groups excluding tert-OH is 1. The molecule has 16 heavy (non-hydrogen) atoms. The molecule has 0 bridgehead atoms. The molecule has 1 saturated carbocycles. The van der Waals surface area contributed by atoms with Crippen LogP contribution < -0.4 is 0 Å². The molecule has 1 N–H and O–H groups in total. The first-order valence-corrected chi connectivity index (χ1v) is 6.63. The summed E-state index contributed by atoms with van der Waals surface area (Å²) in [6.45, 7) is 12.9. The van der Waals surface area contributed by atoms with Crippen LogP contribution in [0.4, 0.5) is 0 Å². The number of hydrogen-bond donors (Lipinski definition) is 1. The van der Waals surface area contributed by atoms with Crippen molar-refractivity contribution in [3.8, 4) is 0 Å². The summed E-state index contributed by atoms with van der Waals surface area (Å²) in [5, 5.41) is 10.1. The van der Waals surface area contributed by atoms with E-state index < -0.39 is 0 Å². The normalized spacial score (nSPS) is 28.8. The van der Waals surface area contributed by atoms with Crippen LogP contribution in [0.2, 0.25) is 0 Å². The maximum Gasteiger partial charge on any atom is 0.0605 e. The maximum atomic E-state index is 10.1. The summed E-state index contributed by atoms with van der Waals surface area (Å²) >= 11 is 0. The fourth-order valence-corrected chi connectivity index (χ4v) is 2.89. The predicted octanol–water partition coefficient (Wildman–Crippen LogP) is 4.17. The first kappa shape index (κ1) is 13.8. The molecule has 1 unspecified atom stereocenters. The van der Waals surface area contributed by atoms with E-state index in [9.17, 15) is 5.11 Å². The second kappa shape index (κ2) is 5.35. The lowest BCUT2D eigenvalue weighted by atomic mass is 9.68. The van der Waals surface area contributed by atoms with Gasteiger partial charge in [0.1, 0.15) is 0 Å². The molecule has 0 aliphatic heterocycles. The molecule has 1 aliphatic carbocycles. The van der Waals surface area contributed by atoms with E-state index in [0.29, 0.717) is 11.3 Å². The highest BCUT2D eigenvalue weighted by molar-refractivity contribution is 4.93. The highest BCUT2D eigenvalue weighted by Crippen LogP contribution is 2.41. The minimum atomic E-state index is -0.154. The van der Waals surface area contributed by atoms with Crippen LogP contribution in [0.25, 0.3) is 0 Å². The van der Waals surface area contributed by atoms with E-state index in [1.165, 1.54) is 25.7 Å². The maximum absolute atomic E-state index is 10.1. The summed E-state index contributed by atoms with van der Waals surface area (Å²) in [5.41, 5.74) is 1.54. The molecule has 1 rings (SSSR count). The smallest absolute Gasteiger partial charge is 0.0605 e. The third-order valence-electron chi connectivity index (χ3n) is 4.10. The van der Waals surface area contributed by atoms with Crippen molar-refractivity contribution >= 4 is 0 Å². The minimum absolute atomic E-state index is 0.154. The average Bonchev–Trinajstić information content (AvgIpc) is 2.15. The van der Waals surface area contributed by atoms with Gasteiger partial charge in [-0.3, -0.25) is 0 Å². The molecule has 0 aromatic carbocycles. The molecular weight excluding hydrogens is 196 g/mol. The zero-order valence-corrected chi connectivity index (χ0v) is 11.4. The predicted molar refractivity (Wildman–Crippen MR) is 70.3 cm³/mol. The Bertz CT molecular complexity index is 228. The van der Waals surface area contributed by atoms with E-state index in [1.807, 2.05) is 6.92 Å². The molecule has 0 saturated heterocycles. The van der Waals surface area contributed by atoms with Gasteiger partial charge < -0.3 is 5.11 Å². The molecular formula is C15H28O. The van der Waals surface area contributed by atoms with Crippen LogP contribution in [-0.2, 0) is 0 Å². The van der Waals surface area contributed by atoms with Gasteiger partial charge in [-0.15, -0.1) is 6.58 Å². The Morgan fingerprint density at radius 1 is 1.25 bits per heavy atom. The lowest BCUT2D eigenvalue weighted by Gasteiger charge is -2.38. The van der Waals surface area contributed by atoms with Crippen LogP contribution in [0.15, 0.2) is 12.2 Å². The highest BCUT2D eigenvalue weighted by Gasteiger charge is 2.32. The molecule has 0 heterocycles. The summed E-state index contributed by atoms with van der Waals surface area (Å²) in [6, 6.07) is 0. The number of aliphatic hydroxyl groups is 1. The second-order valence-electron chi connectivity index (χ2n) is 6.71. The highest BCUT2D eigenvalue weighted by atomic mass is 16.3. The Hall–Kier alpha value is -0.300. The van der Waals surface area contributed by atoms with Crippen LogP contribution in [0, 0.1) is 17.3 Å². The van der Waals surface area contributed by atoms with Gasteiger partial charge in [-0.2, -0.15) is 0 Å². The monoisotopic (exact) mass is 224 g/mol. The van der Waals surface area contributed by atoms with Gasteiger partial charge in [0.2, 0.25) is 0 Å². The molecule has 0 spiro atoms. The lowest BCUT2D eigenvalue weighted by molar-refractivity contribution is 0.0538. The molecule has 0 radical (unpaired) electrons. The van der Waals surface area contributed by atoms with Gasteiger partial charge in [-0.05, 0) is 56.3 Å². The zero-order chi connectivity index (χ0) is 12.3. The molecule has 1 fully saturated rings.